The maximum absolute atomic E-state index is 2.25. The number of aryl methyl sites for hydroxylation is 2. The SMILES string of the molecule is CCCc1cc[c-](C)c1.Cl.Cl.Cl.[V]. The van der Waals surface area contributed by atoms with E-state index >= 15 is 0 Å². The van der Waals surface area contributed by atoms with E-state index in [0.29, 0.717) is 0 Å². The summed E-state index contributed by atoms with van der Waals surface area (Å²) in [7, 11) is 0. The van der Waals surface area contributed by atoms with Gasteiger partial charge in [0.05, 0.1) is 0 Å². The largest absolute Gasteiger partial charge is 0.210 e. The van der Waals surface area contributed by atoms with E-state index in [-0.39, 0.29) is 55.8 Å². The van der Waals surface area contributed by atoms with Crippen LogP contribution in [0.3, 0.4) is 0 Å². The first-order valence-corrected chi connectivity index (χ1v) is 3.55. The van der Waals surface area contributed by atoms with Gasteiger partial charge in [-0.3, -0.25) is 0 Å². The Morgan fingerprint density at radius 3 is 2.08 bits per heavy atom. The summed E-state index contributed by atoms with van der Waals surface area (Å²) in [5, 5.41) is 0. The van der Waals surface area contributed by atoms with Gasteiger partial charge >= 0.3 is 0 Å². The van der Waals surface area contributed by atoms with Crippen molar-refractivity contribution in [1.29, 1.82) is 0 Å². The standard InChI is InChI=1S/C9H13.3ClH.V/c1-3-4-9-6-5-8(2)7-9;;;;/h5-7H,3-4H2,1-2H3;3*1H;/q-1;;;;. The summed E-state index contributed by atoms with van der Waals surface area (Å²) < 4.78 is 0. The van der Waals surface area contributed by atoms with E-state index in [4.69, 9.17) is 0 Å². The topological polar surface area (TPSA) is 0 Å². The third kappa shape index (κ3) is 9.12. The van der Waals surface area contributed by atoms with Crippen LogP contribution in [0.1, 0.15) is 24.5 Å². The molecule has 0 bridgehead atoms. The van der Waals surface area contributed by atoms with Crippen molar-refractivity contribution in [3.8, 4) is 0 Å². The number of rotatable bonds is 2. The van der Waals surface area contributed by atoms with Gasteiger partial charge in [-0.2, -0.15) is 23.3 Å². The normalized spacial score (nSPS) is 6.92. The fourth-order valence-electron chi connectivity index (χ4n) is 1.07. The average Bonchev–Trinajstić information content (AvgIpc) is 2.17. The van der Waals surface area contributed by atoms with E-state index in [2.05, 4.69) is 32.0 Å². The maximum Gasteiger partial charge on any atom is 0 e. The van der Waals surface area contributed by atoms with Crippen molar-refractivity contribution in [2.45, 2.75) is 26.7 Å². The molecule has 1 radical (unpaired) electrons. The summed E-state index contributed by atoms with van der Waals surface area (Å²) in [6.07, 6.45) is 2.48. The smallest absolute Gasteiger partial charge is 0 e. The van der Waals surface area contributed by atoms with E-state index in [1.807, 2.05) is 0 Å². The van der Waals surface area contributed by atoms with Gasteiger partial charge in [0, 0.05) is 18.6 Å². The van der Waals surface area contributed by atoms with Crippen molar-refractivity contribution >= 4 is 37.2 Å². The molecule has 0 aliphatic heterocycles. The van der Waals surface area contributed by atoms with Crippen LogP contribution >= 0.6 is 37.2 Å². The van der Waals surface area contributed by atoms with E-state index in [1.54, 1.807) is 0 Å². The van der Waals surface area contributed by atoms with Crippen molar-refractivity contribution in [2.24, 2.45) is 0 Å². The Bertz CT molecular complexity index is 187. The summed E-state index contributed by atoms with van der Waals surface area (Å²) in [5.74, 6) is 0. The summed E-state index contributed by atoms with van der Waals surface area (Å²) in [4.78, 5) is 0. The maximum atomic E-state index is 2.25. The fraction of sp³-hybridized carbons (Fsp3) is 0.444. The molecule has 0 aliphatic rings. The fourth-order valence-corrected chi connectivity index (χ4v) is 1.07. The molecule has 1 rings (SSSR count). The molecule has 0 spiro atoms. The van der Waals surface area contributed by atoms with Gasteiger partial charge < -0.3 is 0 Å². The first-order valence-electron chi connectivity index (χ1n) is 3.55. The molecule has 0 saturated carbocycles. The molecule has 0 aliphatic carbocycles. The molecular formula is C9H16Cl3V-. The number of halogens is 3. The van der Waals surface area contributed by atoms with Crippen LogP contribution in [0.4, 0.5) is 0 Å². The Labute approximate surface area is 111 Å². The number of hydrogen-bond donors (Lipinski definition) is 0. The quantitative estimate of drug-likeness (QED) is 0.721. The molecule has 0 nitrogen and oxygen atoms in total. The minimum Gasteiger partial charge on any atom is -0.210 e. The van der Waals surface area contributed by atoms with E-state index in [0.717, 1.165) is 0 Å². The summed E-state index contributed by atoms with van der Waals surface area (Å²) in [5.41, 5.74) is 2.87. The zero-order chi connectivity index (χ0) is 6.69. The van der Waals surface area contributed by atoms with Crippen LogP contribution in [0.5, 0.6) is 0 Å². The monoisotopic (exact) mass is 280 g/mol. The van der Waals surface area contributed by atoms with E-state index < -0.39 is 0 Å². The van der Waals surface area contributed by atoms with Gasteiger partial charge in [-0.25, -0.2) is 6.07 Å². The molecule has 0 saturated heterocycles. The molecule has 0 aromatic heterocycles. The van der Waals surface area contributed by atoms with Crippen molar-refractivity contribution in [2.75, 3.05) is 0 Å². The Kier molecular flexibility index (Phi) is 23.2. The third-order valence-electron chi connectivity index (χ3n) is 1.51. The van der Waals surface area contributed by atoms with E-state index in [1.165, 1.54) is 24.0 Å². The second kappa shape index (κ2) is 12.8. The Balaban J connectivity index is -0.000000101. The minimum absolute atomic E-state index is 0. The molecule has 79 valence electrons. The zero-order valence-electron chi connectivity index (χ0n) is 7.82. The predicted octanol–water partition coefficient (Wildman–Crippen LogP) is 3.93. The molecule has 0 amide bonds. The number of hydrogen-bond acceptors (Lipinski definition) is 0. The third-order valence-corrected chi connectivity index (χ3v) is 1.51. The molecular weight excluding hydrogens is 265 g/mol. The van der Waals surface area contributed by atoms with Crippen LogP contribution in [-0.2, 0) is 25.0 Å². The first-order chi connectivity index (χ1) is 4.33. The molecule has 0 N–H and O–H groups in total. The summed E-state index contributed by atoms with van der Waals surface area (Å²) in [6, 6.07) is 6.63. The van der Waals surface area contributed by atoms with Gasteiger partial charge in [-0.05, 0) is 0 Å². The predicted molar refractivity (Wildman–Crippen MR) is 62.5 cm³/mol. The van der Waals surface area contributed by atoms with Crippen LogP contribution in [0, 0.1) is 6.92 Å². The van der Waals surface area contributed by atoms with Crippen molar-refractivity contribution in [3.05, 3.63) is 29.3 Å². The van der Waals surface area contributed by atoms with Gasteiger partial charge in [0.25, 0.3) is 0 Å². The summed E-state index contributed by atoms with van der Waals surface area (Å²) >= 11 is 0. The molecule has 0 heterocycles. The van der Waals surface area contributed by atoms with Crippen molar-refractivity contribution < 1.29 is 18.6 Å². The molecule has 0 unspecified atom stereocenters. The van der Waals surface area contributed by atoms with Gasteiger partial charge in [0.2, 0.25) is 0 Å². The van der Waals surface area contributed by atoms with Crippen LogP contribution in [-0.4, -0.2) is 0 Å². The van der Waals surface area contributed by atoms with Crippen LogP contribution in [0.2, 0.25) is 0 Å². The van der Waals surface area contributed by atoms with Crippen molar-refractivity contribution in [1.82, 2.24) is 0 Å². The molecule has 0 atom stereocenters. The van der Waals surface area contributed by atoms with Crippen LogP contribution < -0.4 is 0 Å². The van der Waals surface area contributed by atoms with Gasteiger partial charge in [-0.1, -0.05) is 26.7 Å². The van der Waals surface area contributed by atoms with Crippen LogP contribution in [0.15, 0.2) is 18.2 Å². The molecule has 13 heavy (non-hydrogen) atoms. The van der Waals surface area contributed by atoms with Gasteiger partial charge in [0.1, 0.15) is 0 Å². The van der Waals surface area contributed by atoms with Crippen LogP contribution in [0.25, 0.3) is 0 Å². The Hall–Kier alpha value is 0.804. The zero-order valence-corrected chi connectivity index (χ0v) is 11.7. The van der Waals surface area contributed by atoms with Gasteiger partial charge in [0.15, 0.2) is 0 Å². The molecule has 1 aromatic rings. The molecule has 0 fully saturated rings. The van der Waals surface area contributed by atoms with Crippen molar-refractivity contribution in [3.63, 3.8) is 0 Å². The molecule has 1 aromatic carbocycles. The van der Waals surface area contributed by atoms with E-state index in [9.17, 15) is 0 Å². The Morgan fingerprint density at radius 2 is 1.77 bits per heavy atom. The molecule has 4 heteroatoms. The second-order valence-electron chi connectivity index (χ2n) is 2.55. The summed E-state index contributed by atoms with van der Waals surface area (Å²) in [6.45, 7) is 4.35. The Morgan fingerprint density at radius 1 is 1.23 bits per heavy atom. The second-order valence-corrected chi connectivity index (χ2v) is 2.55. The van der Waals surface area contributed by atoms with Gasteiger partial charge in [-0.15, -0.1) is 37.2 Å². The minimum atomic E-state index is 0. The first kappa shape index (κ1) is 23.5. The average molecular weight is 282 g/mol.